The molecule has 37 heavy (non-hydrogen) atoms. The van der Waals surface area contributed by atoms with E-state index in [9.17, 15) is 41.3 Å². The second-order valence-electron chi connectivity index (χ2n) is 7.19. The molecule has 0 amide bonds. The van der Waals surface area contributed by atoms with Gasteiger partial charge in [-0.3, -0.25) is 19.5 Å². The maximum absolute atomic E-state index is 14.2. The first-order chi connectivity index (χ1) is 17.0. The Morgan fingerprint density at radius 3 is 2.14 bits per heavy atom. The van der Waals surface area contributed by atoms with Crippen molar-refractivity contribution >= 4 is 50.8 Å². The topological polar surface area (TPSA) is 83.6 Å². The van der Waals surface area contributed by atoms with Gasteiger partial charge in [-0.1, -0.05) is 29.3 Å². The summed E-state index contributed by atoms with van der Waals surface area (Å²) in [6.45, 7) is -0.383. The van der Waals surface area contributed by atoms with E-state index in [1.54, 1.807) is 0 Å². The molecular formula is C21H11BrCl2F6N2O5. The number of hydrogen-bond acceptors (Lipinski definition) is 5. The smallest absolute Gasteiger partial charge is 0.438 e. The first kappa shape index (κ1) is 28.6. The molecule has 0 aliphatic rings. The van der Waals surface area contributed by atoms with Gasteiger partial charge in [0.1, 0.15) is 17.2 Å². The fourth-order valence-corrected chi connectivity index (χ4v) is 4.11. The molecule has 0 aliphatic heterocycles. The van der Waals surface area contributed by atoms with E-state index in [4.69, 9.17) is 32.7 Å². The molecule has 0 aliphatic carbocycles. The van der Waals surface area contributed by atoms with Crippen LogP contribution in [0.5, 0.6) is 11.5 Å². The van der Waals surface area contributed by atoms with E-state index in [0.29, 0.717) is 0 Å². The summed E-state index contributed by atoms with van der Waals surface area (Å²) in [5, 5.41) is 11.7. The van der Waals surface area contributed by atoms with Gasteiger partial charge in [0, 0.05) is 13.0 Å². The molecule has 16 heteroatoms. The summed E-state index contributed by atoms with van der Waals surface area (Å²) in [7, 11) is 0. The second-order valence-corrected chi connectivity index (χ2v) is 8.86. The normalized spacial score (nSPS) is 11.9. The van der Waals surface area contributed by atoms with E-state index in [-0.39, 0.29) is 30.6 Å². The fraction of sp³-hybridized carbons (Fsp3) is 0.190. The highest BCUT2D eigenvalue weighted by Crippen LogP contribution is 2.51. The van der Waals surface area contributed by atoms with Crippen LogP contribution in [0.25, 0.3) is 11.1 Å². The summed E-state index contributed by atoms with van der Waals surface area (Å²) in [6.07, 6.45) is -11.1. The number of nitro groups is 1. The molecule has 198 valence electrons. The number of hydrogen-bond donors (Lipinski definition) is 0. The van der Waals surface area contributed by atoms with Crippen LogP contribution in [0.3, 0.4) is 0 Å². The molecule has 0 radical (unpaired) electrons. The molecule has 0 bridgehead atoms. The molecule has 3 rings (SSSR count). The Bertz CT molecular complexity index is 1390. The Morgan fingerprint density at radius 2 is 1.65 bits per heavy atom. The summed E-state index contributed by atoms with van der Waals surface area (Å²) < 4.78 is 94.3. The van der Waals surface area contributed by atoms with Gasteiger partial charge in [-0.05, 0) is 45.8 Å². The van der Waals surface area contributed by atoms with Gasteiger partial charge in [-0.25, -0.2) is 0 Å². The van der Waals surface area contributed by atoms with Gasteiger partial charge in [-0.15, -0.1) is 0 Å². The molecule has 0 saturated carbocycles. The lowest BCUT2D eigenvalue weighted by Crippen LogP contribution is -2.22. The van der Waals surface area contributed by atoms with Crippen molar-refractivity contribution in [3.8, 4) is 22.6 Å². The maximum atomic E-state index is 14.2. The molecular weight excluding hydrogens is 625 g/mol. The highest BCUT2D eigenvalue weighted by Gasteiger charge is 2.52. The zero-order chi connectivity index (χ0) is 27.9. The van der Waals surface area contributed by atoms with E-state index in [1.807, 2.05) is 0 Å². The molecule has 0 atom stereocenters. The number of halogens is 9. The van der Waals surface area contributed by atoms with Crippen LogP contribution in [-0.2, 0) is 23.9 Å². The molecule has 0 unspecified atom stereocenters. The number of ether oxygens (including phenoxy) is 2. The Labute approximate surface area is 221 Å². The van der Waals surface area contributed by atoms with Crippen LogP contribution < -0.4 is 9.47 Å². The number of benzene rings is 2. The van der Waals surface area contributed by atoms with E-state index in [0.717, 1.165) is 37.3 Å². The largest absolute Gasteiger partial charge is 0.473 e. The number of aromatic nitrogens is 1. The van der Waals surface area contributed by atoms with Gasteiger partial charge >= 0.3 is 24.0 Å². The summed E-state index contributed by atoms with van der Waals surface area (Å²) in [5.74, 6) is -1.21. The van der Waals surface area contributed by atoms with E-state index < -0.39 is 58.2 Å². The van der Waals surface area contributed by atoms with Gasteiger partial charge in [0.05, 0.1) is 25.0 Å². The van der Waals surface area contributed by atoms with Gasteiger partial charge in [0.25, 0.3) is 0 Å². The average Bonchev–Trinajstić information content (AvgIpc) is 3.12. The van der Waals surface area contributed by atoms with Crippen LogP contribution in [0.4, 0.5) is 32.0 Å². The number of rotatable bonds is 6. The Balaban J connectivity index is 2.32. The van der Waals surface area contributed by atoms with Crippen LogP contribution in [0, 0.1) is 10.1 Å². The maximum Gasteiger partial charge on any atom is 0.438 e. The minimum atomic E-state index is -5.60. The lowest BCUT2D eigenvalue weighted by molar-refractivity contribution is -0.387. The number of esters is 1. The van der Waals surface area contributed by atoms with Crippen molar-refractivity contribution in [1.82, 2.24) is 4.57 Å². The van der Waals surface area contributed by atoms with Crippen LogP contribution in [0.1, 0.15) is 18.3 Å². The second kappa shape index (κ2) is 10.4. The number of carbonyl (C=O) groups excluding carboxylic acids is 1. The molecule has 3 aromatic rings. The standard InChI is InChI=1S/C21H11BrCl2F6N2O5/c1-9(33)37-15-5-2-10(6-12(15)22)16-17(32(34)35)19(21(28,29)30)31(18(16)20(25,26)27)8-36-11-3-4-13(23)14(24)7-11/h2-7H,8H2,1H3. The molecule has 1 heterocycles. The first-order valence-electron chi connectivity index (χ1n) is 9.63. The molecule has 0 fully saturated rings. The Morgan fingerprint density at radius 1 is 1.03 bits per heavy atom. The van der Waals surface area contributed by atoms with Crippen LogP contribution in [0.15, 0.2) is 40.9 Å². The third-order valence-corrected chi connectivity index (χ3v) is 6.04. The van der Waals surface area contributed by atoms with Crippen LogP contribution in [-0.4, -0.2) is 15.5 Å². The predicted octanol–water partition coefficient (Wildman–Crippen LogP) is 8.13. The van der Waals surface area contributed by atoms with E-state index >= 15 is 0 Å². The zero-order valence-corrected chi connectivity index (χ0v) is 21.1. The highest BCUT2D eigenvalue weighted by atomic mass is 79.9. The first-order valence-corrected chi connectivity index (χ1v) is 11.2. The summed E-state index contributed by atoms with van der Waals surface area (Å²) in [4.78, 5) is 21.4. The Kier molecular flexibility index (Phi) is 8.05. The van der Waals surface area contributed by atoms with Crippen LogP contribution >= 0.6 is 39.1 Å². The zero-order valence-electron chi connectivity index (χ0n) is 18.0. The predicted molar refractivity (Wildman–Crippen MR) is 123 cm³/mol. The molecule has 0 spiro atoms. The van der Waals surface area contributed by atoms with Gasteiger partial charge < -0.3 is 9.47 Å². The lowest BCUT2D eigenvalue weighted by Gasteiger charge is -2.17. The summed E-state index contributed by atoms with van der Waals surface area (Å²) in [5.41, 5.74) is -8.00. The van der Waals surface area contributed by atoms with Gasteiger partial charge in [0.15, 0.2) is 6.73 Å². The monoisotopic (exact) mass is 634 g/mol. The van der Waals surface area contributed by atoms with Gasteiger partial charge in [0.2, 0.25) is 5.69 Å². The van der Waals surface area contributed by atoms with Crippen molar-refractivity contribution in [2.45, 2.75) is 26.0 Å². The molecule has 1 aromatic heterocycles. The molecule has 0 saturated heterocycles. The quantitative estimate of drug-likeness (QED) is 0.0898. The number of nitrogens with zero attached hydrogens (tertiary/aromatic N) is 2. The molecule has 0 N–H and O–H groups in total. The van der Waals surface area contributed by atoms with Crippen molar-refractivity contribution in [2.75, 3.05) is 0 Å². The van der Waals surface area contributed by atoms with E-state index in [2.05, 4.69) is 15.9 Å². The molecule has 7 nitrogen and oxygen atoms in total. The van der Waals surface area contributed by atoms with Crippen molar-refractivity contribution in [3.05, 3.63) is 72.4 Å². The average molecular weight is 636 g/mol. The number of carbonyl (C=O) groups is 1. The van der Waals surface area contributed by atoms with Crippen molar-refractivity contribution in [2.24, 2.45) is 0 Å². The number of alkyl halides is 6. The van der Waals surface area contributed by atoms with E-state index in [1.165, 1.54) is 6.07 Å². The molecule has 2 aromatic carbocycles. The van der Waals surface area contributed by atoms with Crippen molar-refractivity contribution in [1.29, 1.82) is 0 Å². The van der Waals surface area contributed by atoms with Crippen molar-refractivity contribution < 1.29 is 45.5 Å². The minimum absolute atomic E-state index is 0.0441. The van der Waals surface area contributed by atoms with Crippen LogP contribution in [0.2, 0.25) is 10.0 Å². The fourth-order valence-electron chi connectivity index (χ4n) is 3.37. The third kappa shape index (κ3) is 6.13. The van der Waals surface area contributed by atoms with Gasteiger partial charge in [-0.2, -0.15) is 26.3 Å². The van der Waals surface area contributed by atoms with Crippen molar-refractivity contribution in [3.63, 3.8) is 0 Å². The third-order valence-electron chi connectivity index (χ3n) is 4.68. The Hall–Kier alpha value is -2.97. The summed E-state index contributed by atoms with van der Waals surface area (Å²) >= 11 is 14.5. The lowest BCUT2D eigenvalue weighted by atomic mass is 10.0. The highest BCUT2D eigenvalue weighted by molar-refractivity contribution is 9.10. The minimum Gasteiger partial charge on any atom is -0.473 e. The SMILES string of the molecule is CC(=O)Oc1ccc(-c2c([N+](=O)[O-])c(C(F)(F)F)n(COc3ccc(Cl)c(Cl)c3)c2C(F)(F)F)cc1Br. The summed E-state index contributed by atoms with van der Waals surface area (Å²) in [6, 6.07) is 6.07.